The SMILES string of the molecule is CCC[C@H]1N(C(=O)c2ncccc2C(F)(F)F)CCC[C@@]1(Oc1csc(C(F)(F)F)c1)C(=O)N1CCC(C#N)(c2ccccc2CO[C@H]2CCC(C(=O)O)C2)CC1. The summed E-state index contributed by atoms with van der Waals surface area (Å²) in [4.78, 5) is 46.0. The van der Waals surface area contributed by atoms with Gasteiger partial charge in [-0.15, -0.1) is 11.3 Å². The summed E-state index contributed by atoms with van der Waals surface area (Å²) in [6.07, 6.45) is -6.56. The highest BCUT2D eigenvalue weighted by Gasteiger charge is 2.57. The fourth-order valence-electron chi connectivity index (χ4n) is 8.51. The number of likely N-dealkylation sites (tertiary alicyclic amines) is 2. The summed E-state index contributed by atoms with van der Waals surface area (Å²) in [5.74, 6) is -3.33. The first-order valence-corrected chi connectivity index (χ1v) is 19.7. The molecule has 1 saturated carbocycles. The second-order valence-electron chi connectivity index (χ2n) is 14.9. The Labute approximate surface area is 329 Å². The average molecular weight is 821 g/mol. The number of hydrogen-bond acceptors (Lipinski definition) is 8. The largest absolute Gasteiger partial charge is 0.481 e. The van der Waals surface area contributed by atoms with Crippen LogP contribution in [0.25, 0.3) is 0 Å². The molecule has 1 N–H and O–H groups in total. The number of hydrogen-bond donors (Lipinski definition) is 1. The van der Waals surface area contributed by atoms with E-state index >= 15 is 4.79 Å². The number of pyridine rings is 1. The molecule has 3 fully saturated rings. The number of amides is 2. The van der Waals surface area contributed by atoms with Gasteiger partial charge >= 0.3 is 18.3 Å². The summed E-state index contributed by atoms with van der Waals surface area (Å²) >= 11 is 0.366. The smallest absolute Gasteiger partial charge is 0.425 e. The minimum atomic E-state index is -4.92. The number of halogens is 6. The van der Waals surface area contributed by atoms with Crippen molar-refractivity contribution in [2.45, 2.75) is 107 Å². The highest BCUT2D eigenvalue weighted by atomic mass is 32.1. The van der Waals surface area contributed by atoms with E-state index in [1.54, 1.807) is 13.0 Å². The first kappa shape index (κ1) is 41.9. The second-order valence-corrected chi connectivity index (χ2v) is 15.8. The van der Waals surface area contributed by atoms with E-state index in [0.717, 1.165) is 40.2 Å². The molecule has 4 heterocycles. The normalized spacial score (nSPS) is 23.9. The Morgan fingerprint density at radius 3 is 2.39 bits per heavy atom. The number of aromatic nitrogens is 1. The number of nitriles is 1. The maximum Gasteiger partial charge on any atom is 0.425 e. The molecule has 10 nitrogen and oxygen atoms in total. The number of nitrogens with zero attached hydrogens (tertiary/aromatic N) is 4. The van der Waals surface area contributed by atoms with Crippen molar-refractivity contribution in [3.8, 4) is 11.8 Å². The van der Waals surface area contributed by atoms with Crippen molar-refractivity contribution < 1.29 is 55.3 Å². The third-order valence-electron chi connectivity index (χ3n) is 11.4. The molecule has 2 aliphatic heterocycles. The topological polar surface area (TPSA) is 133 Å². The van der Waals surface area contributed by atoms with Crippen LogP contribution < -0.4 is 4.74 Å². The van der Waals surface area contributed by atoms with Crippen molar-refractivity contribution in [3.05, 3.63) is 81.3 Å². The van der Waals surface area contributed by atoms with E-state index in [4.69, 9.17) is 9.47 Å². The van der Waals surface area contributed by atoms with Crippen molar-refractivity contribution in [1.82, 2.24) is 14.8 Å². The Bertz CT molecular complexity index is 1990. The molecule has 0 spiro atoms. The Morgan fingerprint density at radius 2 is 1.75 bits per heavy atom. The number of thiophene rings is 1. The van der Waals surface area contributed by atoms with Gasteiger partial charge in [0.15, 0.2) is 0 Å². The summed E-state index contributed by atoms with van der Waals surface area (Å²) < 4.78 is 95.9. The molecule has 0 radical (unpaired) electrons. The zero-order valence-electron chi connectivity index (χ0n) is 31.1. The lowest BCUT2D eigenvalue weighted by Gasteiger charge is -2.51. The first-order valence-electron chi connectivity index (χ1n) is 18.8. The van der Waals surface area contributed by atoms with Crippen LogP contribution in [0.3, 0.4) is 0 Å². The van der Waals surface area contributed by atoms with Crippen molar-refractivity contribution in [2.24, 2.45) is 5.92 Å². The molecule has 6 rings (SSSR count). The predicted octanol–water partition coefficient (Wildman–Crippen LogP) is 8.26. The van der Waals surface area contributed by atoms with Gasteiger partial charge in [0.1, 0.15) is 16.3 Å². The van der Waals surface area contributed by atoms with E-state index < -0.39 is 69.2 Å². The monoisotopic (exact) mass is 820 g/mol. The Hall–Kier alpha value is -4.69. The van der Waals surface area contributed by atoms with Gasteiger partial charge in [-0.3, -0.25) is 19.4 Å². The molecule has 17 heteroatoms. The van der Waals surface area contributed by atoms with Crippen LogP contribution in [0.5, 0.6) is 5.75 Å². The van der Waals surface area contributed by atoms with Gasteiger partial charge in [0.25, 0.3) is 11.8 Å². The molecule has 2 aromatic heterocycles. The summed E-state index contributed by atoms with van der Waals surface area (Å²) in [6.45, 7) is 1.89. The summed E-state index contributed by atoms with van der Waals surface area (Å²) in [5.41, 5.74) is -3.74. The van der Waals surface area contributed by atoms with Crippen LogP contribution in [0.1, 0.15) is 96.8 Å². The molecule has 2 saturated heterocycles. The van der Waals surface area contributed by atoms with Crippen molar-refractivity contribution in [1.29, 1.82) is 5.26 Å². The minimum absolute atomic E-state index is 0.0261. The number of benzene rings is 1. The van der Waals surface area contributed by atoms with E-state index in [1.807, 2.05) is 18.2 Å². The quantitative estimate of drug-likeness (QED) is 0.191. The van der Waals surface area contributed by atoms with Gasteiger partial charge in [-0.2, -0.15) is 31.6 Å². The third kappa shape index (κ3) is 8.62. The van der Waals surface area contributed by atoms with Gasteiger partial charge < -0.3 is 24.4 Å². The van der Waals surface area contributed by atoms with Crippen LogP contribution in [0, 0.1) is 17.2 Å². The van der Waals surface area contributed by atoms with Gasteiger partial charge in [0.2, 0.25) is 5.60 Å². The molecule has 1 unspecified atom stereocenters. The lowest BCUT2D eigenvalue weighted by Crippen LogP contribution is -2.68. The van der Waals surface area contributed by atoms with E-state index in [9.17, 15) is 46.3 Å². The Kier molecular flexibility index (Phi) is 12.3. The minimum Gasteiger partial charge on any atom is -0.481 e. The van der Waals surface area contributed by atoms with Crippen molar-refractivity contribution in [3.63, 3.8) is 0 Å². The van der Waals surface area contributed by atoms with Gasteiger partial charge in [-0.05, 0) is 68.2 Å². The predicted molar refractivity (Wildman–Crippen MR) is 194 cm³/mol. The fraction of sp³-hybridized carbons (Fsp3) is 0.525. The molecular formula is C40H42F6N4O6S. The van der Waals surface area contributed by atoms with Gasteiger partial charge in [-0.1, -0.05) is 37.6 Å². The van der Waals surface area contributed by atoms with Crippen LogP contribution >= 0.6 is 11.3 Å². The maximum atomic E-state index is 15.0. The number of aliphatic carboxylic acids is 1. The Balaban J connectivity index is 1.31. The van der Waals surface area contributed by atoms with Crippen LogP contribution in [-0.2, 0) is 38.7 Å². The molecule has 57 heavy (non-hydrogen) atoms. The second kappa shape index (κ2) is 16.7. The van der Waals surface area contributed by atoms with Crippen LogP contribution in [0.15, 0.2) is 54.0 Å². The van der Waals surface area contributed by atoms with E-state index in [0.29, 0.717) is 42.6 Å². The van der Waals surface area contributed by atoms with Crippen molar-refractivity contribution >= 4 is 29.1 Å². The van der Waals surface area contributed by atoms with E-state index in [-0.39, 0.29) is 70.2 Å². The first-order chi connectivity index (χ1) is 27.0. The highest BCUT2D eigenvalue weighted by molar-refractivity contribution is 7.10. The molecule has 3 aromatic rings. The zero-order valence-corrected chi connectivity index (χ0v) is 31.9. The maximum absolute atomic E-state index is 15.0. The number of carbonyl (C=O) groups excluding carboxylic acids is 2. The molecule has 0 bridgehead atoms. The molecule has 3 aliphatic rings. The fourth-order valence-corrected chi connectivity index (χ4v) is 9.19. The summed E-state index contributed by atoms with van der Waals surface area (Å²) in [6, 6.07) is 11.1. The lowest BCUT2D eigenvalue weighted by molar-refractivity contribution is -0.160. The molecule has 2 amide bonds. The number of rotatable bonds is 11. The summed E-state index contributed by atoms with van der Waals surface area (Å²) in [7, 11) is 0. The molecule has 1 aromatic carbocycles. The molecular weight excluding hydrogens is 779 g/mol. The number of carbonyl (C=O) groups is 3. The standard InChI is InChI=1S/C40H42F6N4O6S/c1-2-7-31-38(56-28-21-32(57-23-28)40(44,45)46,13-6-17-50(31)34(51)33-30(39(41,42)43)10-5-16-48-33)36(54)49-18-14-37(24-47,15-19-49)29-9-4-3-8-26(29)22-55-27-12-11-25(20-27)35(52)53/h3-5,8-10,16,21,23,25,27,31H,2,6-7,11-15,17-20,22H2,1H3,(H,52,53)/t25?,27-,31+,38-/m0/s1. The number of carboxylic acid groups (broad SMARTS) is 1. The van der Waals surface area contributed by atoms with Crippen LogP contribution in [0.4, 0.5) is 26.3 Å². The van der Waals surface area contributed by atoms with Gasteiger partial charge in [0.05, 0.1) is 41.7 Å². The Morgan fingerprint density at radius 1 is 1.02 bits per heavy atom. The van der Waals surface area contributed by atoms with Crippen LogP contribution in [-0.4, -0.2) is 75.1 Å². The summed E-state index contributed by atoms with van der Waals surface area (Å²) in [5, 5.41) is 21.2. The van der Waals surface area contributed by atoms with Gasteiger partial charge in [-0.25, -0.2) is 0 Å². The molecule has 1 aliphatic carbocycles. The average Bonchev–Trinajstić information content (AvgIpc) is 3.88. The molecule has 4 atom stereocenters. The lowest BCUT2D eigenvalue weighted by atomic mass is 9.71. The van der Waals surface area contributed by atoms with E-state index in [2.05, 4.69) is 11.1 Å². The number of piperidine rings is 2. The third-order valence-corrected chi connectivity index (χ3v) is 12.3. The number of carboxylic acids is 1. The van der Waals surface area contributed by atoms with Gasteiger partial charge in [0, 0.05) is 43.7 Å². The van der Waals surface area contributed by atoms with Crippen molar-refractivity contribution in [2.75, 3.05) is 19.6 Å². The highest BCUT2D eigenvalue weighted by Crippen LogP contribution is 2.44. The number of alkyl halides is 6. The zero-order chi connectivity index (χ0) is 41.2. The number of ether oxygens (including phenoxy) is 2. The molecule has 306 valence electrons. The van der Waals surface area contributed by atoms with E-state index in [1.165, 1.54) is 4.90 Å². The van der Waals surface area contributed by atoms with Crippen LogP contribution in [0.2, 0.25) is 0 Å².